The normalized spacial score (nSPS) is 10.2. The Morgan fingerprint density at radius 3 is 2.71 bits per heavy atom. The van der Waals surface area contributed by atoms with Crippen molar-refractivity contribution in [3.8, 4) is 5.75 Å². The molecule has 0 spiro atoms. The van der Waals surface area contributed by atoms with Gasteiger partial charge in [0.05, 0.1) is 18.4 Å². The maximum atomic E-state index is 12.2. The Bertz CT molecular complexity index is 722. The number of carbonyl (C=O) groups excluding carboxylic acids is 1. The summed E-state index contributed by atoms with van der Waals surface area (Å²) >= 11 is 0. The lowest BCUT2D eigenvalue weighted by molar-refractivity contribution is 0.102. The number of rotatable bonds is 4. The molecule has 3 N–H and O–H groups in total. The second-order valence-corrected chi connectivity index (χ2v) is 4.45. The van der Waals surface area contributed by atoms with E-state index >= 15 is 0 Å². The fourth-order valence-corrected chi connectivity index (χ4v) is 1.93. The van der Waals surface area contributed by atoms with Crippen LogP contribution in [0.4, 0.5) is 11.4 Å². The number of carbonyl (C=O) groups is 1. The minimum absolute atomic E-state index is 0.112. The molecule has 2 rings (SSSR count). The molecule has 0 saturated carbocycles. The van der Waals surface area contributed by atoms with Crippen molar-refractivity contribution in [2.24, 2.45) is 0 Å². The van der Waals surface area contributed by atoms with Gasteiger partial charge in [-0.05, 0) is 25.1 Å². The molecule has 0 radical (unpaired) electrons. The third kappa shape index (κ3) is 3.22. The standard InChI is InChI=1S/C15H17N3O3/c1-3-18-9-10(4-7-14(18)19)17-15(20)12-6-5-11(21-2)8-13(12)16/h4-9H,3,16H2,1-2H3,(H,17,20). The number of anilines is 2. The molecule has 0 aliphatic rings. The number of hydrogen-bond donors (Lipinski definition) is 2. The first-order valence-corrected chi connectivity index (χ1v) is 6.50. The second kappa shape index (κ2) is 6.13. The Kier molecular flexibility index (Phi) is 4.27. The van der Waals surface area contributed by atoms with E-state index in [9.17, 15) is 9.59 Å². The van der Waals surface area contributed by atoms with Crippen LogP contribution in [0.25, 0.3) is 0 Å². The van der Waals surface area contributed by atoms with Gasteiger partial charge in [-0.15, -0.1) is 0 Å². The molecule has 21 heavy (non-hydrogen) atoms. The molecule has 1 aromatic heterocycles. The molecule has 1 heterocycles. The predicted molar refractivity (Wildman–Crippen MR) is 81.7 cm³/mol. The van der Waals surface area contributed by atoms with E-state index in [0.717, 1.165) is 0 Å². The summed E-state index contributed by atoms with van der Waals surface area (Å²) in [4.78, 5) is 23.7. The van der Waals surface area contributed by atoms with Gasteiger partial charge in [0.25, 0.3) is 11.5 Å². The molecule has 0 atom stereocenters. The molecule has 0 unspecified atom stereocenters. The van der Waals surface area contributed by atoms with E-state index in [1.54, 1.807) is 30.5 Å². The number of nitrogens with one attached hydrogen (secondary N) is 1. The van der Waals surface area contributed by atoms with E-state index in [0.29, 0.717) is 29.2 Å². The van der Waals surface area contributed by atoms with Gasteiger partial charge in [-0.2, -0.15) is 0 Å². The average Bonchev–Trinajstić information content (AvgIpc) is 2.48. The van der Waals surface area contributed by atoms with Gasteiger partial charge in [0, 0.05) is 30.6 Å². The largest absolute Gasteiger partial charge is 0.497 e. The van der Waals surface area contributed by atoms with E-state index in [1.807, 2.05) is 6.92 Å². The summed E-state index contributed by atoms with van der Waals surface area (Å²) in [7, 11) is 1.53. The van der Waals surface area contributed by atoms with Crippen molar-refractivity contribution in [2.75, 3.05) is 18.2 Å². The van der Waals surface area contributed by atoms with Crippen LogP contribution in [-0.4, -0.2) is 17.6 Å². The summed E-state index contributed by atoms with van der Waals surface area (Å²) in [5, 5.41) is 2.72. The average molecular weight is 287 g/mol. The van der Waals surface area contributed by atoms with Crippen LogP contribution in [-0.2, 0) is 6.54 Å². The fraction of sp³-hybridized carbons (Fsp3) is 0.200. The lowest BCUT2D eigenvalue weighted by atomic mass is 10.1. The molecule has 0 saturated heterocycles. The summed E-state index contributed by atoms with van der Waals surface area (Å²) in [6.45, 7) is 2.39. The number of amides is 1. The zero-order valence-electron chi connectivity index (χ0n) is 11.9. The van der Waals surface area contributed by atoms with E-state index in [2.05, 4.69) is 5.32 Å². The number of nitrogen functional groups attached to an aromatic ring is 1. The van der Waals surface area contributed by atoms with Crippen LogP contribution in [0.1, 0.15) is 17.3 Å². The zero-order chi connectivity index (χ0) is 15.4. The maximum Gasteiger partial charge on any atom is 0.257 e. The van der Waals surface area contributed by atoms with Crippen molar-refractivity contribution in [1.82, 2.24) is 4.57 Å². The topological polar surface area (TPSA) is 86.3 Å². The number of hydrogen-bond acceptors (Lipinski definition) is 4. The molecule has 0 aliphatic carbocycles. The number of benzene rings is 1. The van der Waals surface area contributed by atoms with Crippen molar-refractivity contribution < 1.29 is 9.53 Å². The van der Waals surface area contributed by atoms with Crippen LogP contribution in [0.15, 0.2) is 41.3 Å². The number of methoxy groups -OCH3 is 1. The molecule has 0 bridgehead atoms. The second-order valence-electron chi connectivity index (χ2n) is 4.45. The minimum Gasteiger partial charge on any atom is -0.497 e. The first-order chi connectivity index (χ1) is 10.0. The zero-order valence-corrected chi connectivity index (χ0v) is 11.9. The van der Waals surface area contributed by atoms with E-state index in [1.165, 1.54) is 17.7 Å². The maximum absolute atomic E-state index is 12.2. The molecule has 1 amide bonds. The number of aryl methyl sites for hydroxylation is 1. The lowest BCUT2D eigenvalue weighted by Gasteiger charge is -2.10. The molecular weight excluding hydrogens is 270 g/mol. The first kappa shape index (κ1) is 14.6. The number of aromatic nitrogens is 1. The number of nitrogens with two attached hydrogens (primary N) is 1. The molecule has 110 valence electrons. The Morgan fingerprint density at radius 1 is 1.33 bits per heavy atom. The monoisotopic (exact) mass is 287 g/mol. The van der Waals surface area contributed by atoms with E-state index < -0.39 is 0 Å². The SMILES string of the molecule is CCn1cc(NC(=O)c2ccc(OC)cc2N)ccc1=O. The lowest BCUT2D eigenvalue weighted by Crippen LogP contribution is -2.20. The minimum atomic E-state index is -0.337. The highest BCUT2D eigenvalue weighted by Crippen LogP contribution is 2.20. The van der Waals surface area contributed by atoms with Gasteiger partial charge in [0.1, 0.15) is 5.75 Å². The third-order valence-electron chi connectivity index (χ3n) is 3.09. The highest BCUT2D eigenvalue weighted by molar-refractivity contribution is 6.07. The van der Waals surface area contributed by atoms with Gasteiger partial charge in [-0.25, -0.2) is 0 Å². The summed E-state index contributed by atoms with van der Waals surface area (Å²) in [5.74, 6) is 0.250. The molecule has 6 nitrogen and oxygen atoms in total. The summed E-state index contributed by atoms with van der Waals surface area (Å²) in [6, 6.07) is 7.82. The van der Waals surface area contributed by atoms with Crippen molar-refractivity contribution in [1.29, 1.82) is 0 Å². The smallest absolute Gasteiger partial charge is 0.257 e. The van der Waals surface area contributed by atoms with Crippen LogP contribution in [0.5, 0.6) is 5.75 Å². The molecule has 1 aromatic carbocycles. The molecule has 0 aliphatic heterocycles. The number of ether oxygens (including phenoxy) is 1. The van der Waals surface area contributed by atoms with Crippen molar-refractivity contribution in [3.63, 3.8) is 0 Å². The van der Waals surface area contributed by atoms with Crippen molar-refractivity contribution >= 4 is 17.3 Å². The highest BCUT2D eigenvalue weighted by atomic mass is 16.5. The molecule has 2 aromatic rings. The Balaban J connectivity index is 2.24. The highest BCUT2D eigenvalue weighted by Gasteiger charge is 2.11. The predicted octanol–water partition coefficient (Wildman–Crippen LogP) is 1.71. The van der Waals surface area contributed by atoms with Gasteiger partial charge in [0.2, 0.25) is 0 Å². The number of nitrogens with zero attached hydrogens (tertiary/aromatic N) is 1. The Labute approximate surface area is 122 Å². The van der Waals surface area contributed by atoms with Crippen LogP contribution in [0, 0.1) is 0 Å². The van der Waals surface area contributed by atoms with Gasteiger partial charge >= 0.3 is 0 Å². The quantitative estimate of drug-likeness (QED) is 0.838. The number of pyridine rings is 1. The van der Waals surface area contributed by atoms with E-state index in [-0.39, 0.29) is 11.5 Å². The van der Waals surface area contributed by atoms with Crippen LogP contribution in [0.2, 0.25) is 0 Å². The van der Waals surface area contributed by atoms with Crippen molar-refractivity contribution in [3.05, 3.63) is 52.4 Å². The Morgan fingerprint density at radius 2 is 2.10 bits per heavy atom. The molecule has 6 heteroatoms. The first-order valence-electron chi connectivity index (χ1n) is 6.50. The molecule has 0 fully saturated rings. The summed E-state index contributed by atoms with van der Waals surface area (Å²) < 4.78 is 6.55. The van der Waals surface area contributed by atoms with Gasteiger partial charge in [-0.1, -0.05) is 0 Å². The van der Waals surface area contributed by atoms with Gasteiger partial charge < -0.3 is 20.4 Å². The van der Waals surface area contributed by atoms with Crippen LogP contribution >= 0.6 is 0 Å². The Hall–Kier alpha value is -2.76. The summed E-state index contributed by atoms with van der Waals surface area (Å²) in [6.07, 6.45) is 1.60. The van der Waals surface area contributed by atoms with Crippen LogP contribution < -0.4 is 21.3 Å². The van der Waals surface area contributed by atoms with Gasteiger partial charge in [-0.3, -0.25) is 9.59 Å². The fourth-order valence-electron chi connectivity index (χ4n) is 1.93. The van der Waals surface area contributed by atoms with Crippen LogP contribution in [0.3, 0.4) is 0 Å². The molecular formula is C15H17N3O3. The van der Waals surface area contributed by atoms with Gasteiger partial charge in [0.15, 0.2) is 0 Å². The summed E-state index contributed by atoms with van der Waals surface area (Å²) in [5.41, 5.74) is 6.94. The third-order valence-corrected chi connectivity index (χ3v) is 3.09. The van der Waals surface area contributed by atoms with E-state index in [4.69, 9.17) is 10.5 Å². The van der Waals surface area contributed by atoms with Crippen molar-refractivity contribution in [2.45, 2.75) is 13.5 Å².